The lowest BCUT2D eigenvalue weighted by Crippen LogP contribution is -2.39. The van der Waals surface area contributed by atoms with Gasteiger partial charge >= 0.3 is 0 Å². The number of nitrogens with zero attached hydrogens (tertiary/aromatic N) is 1. The maximum Gasteiger partial charge on any atom is 0.0593 e. The topological polar surface area (TPSA) is 24.5 Å². The van der Waals surface area contributed by atoms with Crippen LogP contribution in [-0.4, -0.2) is 49.3 Å². The van der Waals surface area contributed by atoms with E-state index >= 15 is 0 Å². The van der Waals surface area contributed by atoms with Crippen LogP contribution >= 0.6 is 0 Å². The highest BCUT2D eigenvalue weighted by Gasteiger charge is 2.12. The van der Waals surface area contributed by atoms with E-state index in [0.29, 0.717) is 18.1 Å². The summed E-state index contributed by atoms with van der Waals surface area (Å²) in [5.41, 5.74) is 0. The third-order valence-electron chi connectivity index (χ3n) is 2.84. The Hall–Kier alpha value is -0.120. The third kappa shape index (κ3) is 9.57. The fourth-order valence-electron chi connectivity index (χ4n) is 1.95. The molecule has 0 spiro atoms. The van der Waals surface area contributed by atoms with Crippen LogP contribution in [-0.2, 0) is 4.74 Å². The summed E-state index contributed by atoms with van der Waals surface area (Å²) in [6, 6.07) is 1.77. The van der Waals surface area contributed by atoms with Crippen molar-refractivity contribution in [3.63, 3.8) is 0 Å². The van der Waals surface area contributed by atoms with Gasteiger partial charge in [0.25, 0.3) is 0 Å². The quantitative estimate of drug-likeness (QED) is 0.598. The highest BCUT2D eigenvalue weighted by molar-refractivity contribution is 4.66. The van der Waals surface area contributed by atoms with Crippen molar-refractivity contribution in [1.29, 1.82) is 0 Å². The van der Waals surface area contributed by atoms with Gasteiger partial charge in [0.05, 0.1) is 6.61 Å². The molecule has 0 amide bonds. The Balaban J connectivity index is 3.43. The number of hydrogen-bond acceptors (Lipinski definition) is 3. The highest BCUT2D eigenvalue weighted by atomic mass is 16.5. The SMILES string of the molecule is CC(C)NCCCOCCN(C(C)C)C(C)C. The molecule has 3 heteroatoms. The van der Waals surface area contributed by atoms with E-state index in [9.17, 15) is 0 Å². The number of ether oxygens (including phenoxy) is 1. The van der Waals surface area contributed by atoms with Gasteiger partial charge in [-0.3, -0.25) is 4.90 Å². The first-order valence-corrected chi connectivity index (χ1v) is 7.02. The minimum Gasteiger partial charge on any atom is -0.380 e. The Labute approximate surface area is 108 Å². The van der Waals surface area contributed by atoms with Gasteiger partial charge in [-0.1, -0.05) is 13.8 Å². The van der Waals surface area contributed by atoms with Crippen molar-refractivity contribution < 1.29 is 4.74 Å². The van der Waals surface area contributed by atoms with Crippen LogP contribution in [0, 0.1) is 0 Å². The van der Waals surface area contributed by atoms with Gasteiger partial charge in [-0.05, 0) is 40.7 Å². The van der Waals surface area contributed by atoms with Gasteiger partial charge in [0.2, 0.25) is 0 Å². The lowest BCUT2D eigenvalue weighted by atomic mass is 10.2. The van der Waals surface area contributed by atoms with E-state index in [2.05, 4.69) is 51.8 Å². The summed E-state index contributed by atoms with van der Waals surface area (Å²) in [5.74, 6) is 0. The molecule has 0 rings (SSSR count). The fraction of sp³-hybridized carbons (Fsp3) is 1.00. The van der Waals surface area contributed by atoms with Crippen molar-refractivity contribution >= 4 is 0 Å². The van der Waals surface area contributed by atoms with Crippen LogP contribution in [0.15, 0.2) is 0 Å². The van der Waals surface area contributed by atoms with E-state index in [0.717, 1.165) is 32.7 Å². The first-order chi connectivity index (χ1) is 7.95. The Morgan fingerprint density at radius 3 is 2.00 bits per heavy atom. The molecule has 0 atom stereocenters. The molecule has 0 aromatic carbocycles. The molecule has 0 aromatic heterocycles. The van der Waals surface area contributed by atoms with Gasteiger partial charge in [-0.2, -0.15) is 0 Å². The molecule has 0 aliphatic carbocycles. The first-order valence-electron chi connectivity index (χ1n) is 7.02. The summed E-state index contributed by atoms with van der Waals surface area (Å²) in [6.07, 6.45) is 1.10. The summed E-state index contributed by atoms with van der Waals surface area (Å²) < 4.78 is 5.66. The maximum absolute atomic E-state index is 5.66. The van der Waals surface area contributed by atoms with Gasteiger partial charge in [-0.15, -0.1) is 0 Å². The smallest absolute Gasteiger partial charge is 0.0593 e. The third-order valence-corrected chi connectivity index (χ3v) is 2.84. The molecule has 0 aliphatic heterocycles. The molecule has 0 aliphatic rings. The van der Waals surface area contributed by atoms with E-state index in [1.54, 1.807) is 0 Å². The van der Waals surface area contributed by atoms with Gasteiger partial charge in [0, 0.05) is 31.3 Å². The molecule has 0 radical (unpaired) electrons. The molecule has 17 heavy (non-hydrogen) atoms. The summed E-state index contributed by atoms with van der Waals surface area (Å²) in [5, 5.41) is 3.39. The van der Waals surface area contributed by atoms with E-state index in [-0.39, 0.29) is 0 Å². The van der Waals surface area contributed by atoms with E-state index in [1.807, 2.05) is 0 Å². The van der Waals surface area contributed by atoms with Crippen molar-refractivity contribution in [2.24, 2.45) is 0 Å². The van der Waals surface area contributed by atoms with E-state index in [4.69, 9.17) is 4.74 Å². The zero-order valence-corrected chi connectivity index (χ0v) is 12.6. The average Bonchev–Trinajstić information content (AvgIpc) is 2.20. The molecule has 0 aromatic rings. The molecule has 104 valence electrons. The Kier molecular flexibility index (Phi) is 9.79. The minimum absolute atomic E-state index is 0.576. The molecule has 0 saturated carbocycles. The van der Waals surface area contributed by atoms with Crippen LogP contribution in [0.5, 0.6) is 0 Å². The summed E-state index contributed by atoms with van der Waals surface area (Å²) in [7, 11) is 0. The minimum atomic E-state index is 0.576. The van der Waals surface area contributed by atoms with Crippen LogP contribution in [0.4, 0.5) is 0 Å². The molecule has 0 unspecified atom stereocenters. The monoisotopic (exact) mass is 244 g/mol. The maximum atomic E-state index is 5.66. The predicted octanol–water partition coefficient (Wildman–Crippen LogP) is 2.51. The average molecular weight is 244 g/mol. The van der Waals surface area contributed by atoms with Crippen LogP contribution in [0.3, 0.4) is 0 Å². The fourth-order valence-corrected chi connectivity index (χ4v) is 1.95. The van der Waals surface area contributed by atoms with E-state index in [1.165, 1.54) is 0 Å². The zero-order chi connectivity index (χ0) is 13.3. The van der Waals surface area contributed by atoms with Crippen molar-refractivity contribution in [3.05, 3.63) is 0 Å². The standard InChI is InChI=1S/C14H32N2O/c1-12(2)15-8-7-10-17-11-9-16(13(3)4)14(5)6/h12-15H,7-11H2,1-6H3. The van der Waals surface area contributed by atoms with Crippen LogP contribution < -0.4 is 5.32 Å². The van der Waals surface area contributed by atoms with Gasteiger partial charge < -0.3 is 10.1 Å². The van der Waals surface area contributed by atoms with Crippen LogP contribution in [0.1, 0.15) is 48.0 Å². The molecule has 0 bridgehead atoms. The van der Waals surface area contributed by atoms with Crippen molar-refractivity contribution in [3.8, 4) is 0 Å². The summed E-state index contributed by atoms with van der Waals surface area (Å²) in [6.45, 7) is 17.1. The molecule has 0 saturated heterocycles. The first kappa shape index (κ1) is 16.9. The Morgan fingerprint density at radius 1 is 0.941 bits per heavy atom. The number of hydrogen-bond donors (Lipinski definition) is 1. The van der Waals surface area contributed by atoms with Crippen LogP contribution in [0.25, 0.3) is 0 Å². The second-order valence-electron chi connectivity index (χ2n) is 5.50. The van der Waals surface area contributed by atoms with Gasteiger partial charge in [-0.25, -0.2) is 0 Å². The molecule has 3 nitrogen and oxygen atoms in total. The Bertz CT molecular complexity index is 162. The normalized spacial score (nSPS) is 12.4. The second-order valence-corrected chi connectivity index (χ2v) is 5.50. The lowest BCUT2D eigenvalue weighted by molar-refractivity contribution is 0.0772. The highest BCUT2D eigenvalue weighted by Crippen LogP contribution is 2.03. The van der Waals surface area contributed by atoms with Gasteiger partial charge in [0.15, 0.2) is 0 Å². The van der Waals surface area contributed by atoms with E-state index < -0.39 is 0 Å². The zero-order valence-electron chi connectivity index (χ0n) is 12.6. The molecule has 0 fully saturated rings. The Morgan fingerprint density at radius 2 is 1.53 bits per heavy atom. The van der Waals surface area contributed by atoms with Crippen LogP contribution in [0.2, 0.25) is 0 Å². The molecular formula is C14H32N2O. The van der Waals surface area contributed by atoms with Crippen molar-refractivity contribution in [2.75, 3.05) is 26.3 Å². The summed E-state index contributed by atoms with van der Waals surface area (Å²) in [4.78, 5) is 2.46. The molecule has 0 heterocycles. The largest absolute Gasteiger partial charge is 0.380 e. The molecular weight excluding hydrogens is 212 g/mol. The lowest BCUT2D eigenvalue weighted by Gasteiger charge is -2.30. The second kappa shape index (κ2) is 9.86. The van der Waals surface area contributed by atoms with Gasteiger partial charge in [0.1, 0.15) is 0 Å². The molecule has 1 N–H and O–H groups in total. The van der Waals surface area contributed by atoms with Crippen molar-refractivity contribution in [2.45, 2.75) is 66.1 Å². The number of nitrogens with one attached hydrogen (secondary N) is 1. The predicted molar refractivity (Wildman–Crippen MR) is 75.6 cm³/mol. The number of rotatable bonds is 10. The summed E-state index contributed by atoms with van der Waals surface area (Å²) >= 11 is 0. The van der Waals surface area contributed by atoms with Crippen molar-refractivity contribution in [1.82, 2.24) is 10.2 Å².